The van der Waals surface area contributed by atoms with Crippen molar-refractivity contribution in [3.05, 3.63) is 47.8 Å². The molecule has 4 atom stereocenters. The van der Waals surface area contributed by atoms with Crippen molar-refractivity contribution in [1.82, 2.24) is 25.2 Å². The van der Waals surface area contributed by atoms with Gasteiger partial charge in [-0.3, -0.25) is 14.4 Å². The van der Waals surface area contributed by atoms with Gasteiger partial charge in [0.15, 0.2) is 0 Å². The number of nitrogens with zero attached hydrogens (tertiary/aromatic N) is 4. The Morgan fingerprint density at radius 2 is 2.04 bits per heavy atom. The van der Waals surface area contributed by atoms with Crippen LogP contribution in [0.4, 0.5) is 0 Å². The number of piperidine rings is 3. The van der Waals surface area contributed by atoms with Crippen LogP contribution in [0.25, 0.3) is 0 Å². The Morgan fingerprint density at radius 3 is 2.68 bits per heavy atom. The van der Waals surface area contributed by atoms with Gasteiger partial charge < -0.3 is 5.32 Å². The lowest BCUT2D eigenvalue weighted by molar-refractivity contribution is -0.133. The number of fused-ring (bicyclic) bond motifs is 3. The minimum atomic E-state index is 0.0199. The highest BCUT2D eigenvalue weighted by atomic mass is 16.1. The summed E-state index contributed by atoms with van der Waals surface area (Å²) in [5.41, 5.74) is 2.20. The van der Waals surface area contributed by atoms with E-state index in [4.69, 9.17) is 0 Å². The molecule has 5 rings (SSSR count). The molecule has 4 heterocycles. The number of amides is 1. The van der Waals surface area contributed by atoms with E-state index in [0.29, 0.717) is 18.5 Å². The molecule has 3 fully saturated rings. The number of carbonyl (C=O) groups excluding carboxylic acids is 1. The maximum absolute atomic E-state index is 12.8. The van der Waals surface area contributed by atoms with Crippen molar-refractivity contribution in [3.8, 4) is 0 Å². The van der Waals surface area contributed by atoms with Crippen LogP contribution in [0, 0.1) is 11.8 Å². The molecular weight excluding hydrogens is 350 g/mol. The highest BCUT2D eigenvalue weighted by Crippen LogP contribution is 2.37. The van der Waals surface area contributed by atoms with Crippen molar-refractivity contribution < 1.29 is 4.79 Å². The SMILES string of the molecule is CC(C)(C)c1cn(C[C@H]2C[C@@H]3CCN2C[C@@H]3C(=O)NCc2ccccc2)nn1. The number of hydrogen-bond acceptors (Lipinski definition) is 4. The predicted octanol–water partition coefficient (Wildman–Crippen LogP) is 2.60. The molecule has 0 aliphatic carbocycles. The Morgan fingerprint density at radius 1 is 1.25 bits per heavy atom. The second-order valence-corrected chi connectivity index (χ2v) is 9.32. The zero-order valence-electron chi connectivity index (χ0n) is 17.1. The average Bonchev–Trinajstić information content (AvgIpc) is 3.16. The third-order valence-corrected chi connectivity index (χ3v) is 6.23. The summed E-state index contributed by atoms with van der Waals surface area (Å²) in [5.74, 6) is 0.777. The molecule has 0 radical (unpaired) electrons. The first-order chi connectivity index (χ1) is 13.4. The minimum absolute atomic E-state index is 0.0199. The van der Waals surface area contributed by atoms with Crippen LogP contribution in [0.2, 0.25) is 0 Å². The second kappa shape index (κ2) is 7.66. The largest absolute Gasteiger partial charge is 0.352 e. The van der Waals surface area contributed by atoms with Crippen molar-refractivity contribution in [2.75, 3.05) is 13.1 Å². The standard InChI is InChI=1S/C22H31N5O/c1-22(2,3)20-15-27(25-24-20)13-18-11-17-9-10-26(18)14-19(17)21(28)23-12-16-7-5-4-6-8-16/h4-8,15,17-19H,9-14H2,1-3H3,(H,23,28)/t17-,18+,19-/m0/s1. The highest BCUT2D eigenvalue weighted by molar-refractivity contribution is 5.79. The molecule has 6 nitrogen and oxygen atoms in total. The summed E-state index contributed by atoms with van der Waals surface area (Å²) in [6, 6.07) is 10.6. The van der Waals surface area contributed by atoms with Gasteiger partial charge in [-0.05, 0) is 30.9 Å². The summed E-state index contributed by atoms with van der Waals surface area (Å²) in [6.45, 7) is 9.89. The number of hydrogen-bond donors (Lipinski definition) is 1. The van der Waals surface area contributed by atoms with Gasteiger partial charge in [-0.15, -0.1) is 5.10 Å². The van der Waals surface area contributed by atoms with E-state index in [0.717, 1.165) is 43.7 Å². The summed E-state index contributed by atoms with van der Waals surface area (Å²) >= 11 is 0. The maximum atomic E-state index is 12.8. The molecule has 0 spiro atoms. The Kier molecular flexibility index (Phi) is 5.23. The summed E-state index contributed by atoms with van der Waals surface area (Å²) < 4.78 is 1.98. The number of aromatic nitrogens is 3. The van der Waals surface area contributed by atoms with E-state index in [2.05, 4.69) is 59.6 Å². The van der Waals surface area contributed by atoms with Crippen molar-refractivity contribution in [3.63, 3.8) is 0 Å². The molecule has 1 unspecified atom stereocenters. The molecular formula is C22H31N5O. The van der Waals surface area contributed by atoms with Crippen molar-refractivity contribution in [2.24, 2.45) is 11.8 Å². The molecule has 28 heavy (non-hydrogen) atoms. The molecule has 1 N–H and O–H groups in total. The lowest BCUT2D eigenvalue weighted by Gasteiger charge is -2.49. The Labute approximate surface area is 167 Å². The van der Waals surface area contributed by atoms with Crippen molar-refractivity contribution in [1.29, 1.82) is 0 Å². The van der Waals surface area contributed by atoms with E-state index in [-0.39, 0.29) is 17.2 Å². The predicted molar refractivity (Wildman–Crippen MR) is 109 cm³/mol. The Hall–Kier alpha value is -2.21. The van der Waals surface area contributed by atoms with Gasteiger partial charge in [0.05, 0.1) is 18.2 Å². The lowest BCUT2D eigenvalue weighted by atomic mass is 9.75. The monoisotopic (exact) mass is 381 g/mol. The van der Waals surface area contributed by atoms with Gasteiger partial charge in [0.2, 0.25) is 5.91 Å². The third-order valence-electron chi connectivity index (χ3n) is 6.23. The van der Waals surface area contributed by atoms with E-state index in [1.54, 1.807) is 0 Å². The molecule has 2 bridgehead atoms. The molecule has 6 heteroatoms. The topological polar surface area (TPSA) is 63.1 Å². The molecule has 3 aliphatic heterocycles. The van der Waals surface area contributed by atoms with Crippen LogP contribution in [0.3, 0.4) is 0 Å². The molecule has 1 aromatic carbocycles. The van der Waals surface area contributed by atoms with Gasteiger partial charge >= 0.3 is 0 Å². The van der Waals surface area contributed by atoms with E-state index in [1.807, 2.05) is 22.9 Å². The van der Waals surface area contributed by atoms with Gasteiger partial charge in [0, 0.05) is 30.7 Å². The molecule has 150 valence electrons. The minimum Gasteiger partial charge on any atom is -0.352 e. The maximum Gasteiger partial charge on any atom is 0.224 e. The molecule has 3 aliphatic rings. The summed E-state index contributed by atoms with van der Waals surface area (Å²) in [5, 5.41) is 11.8. The fraction of sp³-hybridized carbons (Fsp3) is 0.591. The van der Waals surface area contributed by atoms with E-state index in [1.165, 1.54) is 0 Å². The molecule has 1 amide bonds. The normalized spacial score (nSPS) is 27.0. The fourth-order valence-electron chi connectivity index (χ4n) is 4.49. The van der Waals surface area contributed by atoms with E-state index < -0.39 is 0 Å². The van der Waals surface area contributed by atoms with Crippen LogP contribution in [-0.2, 0) is 23.3 Å². The zero-order chi connectivity index (χ0) is 19.7. The number of carbonyl (C=O) groups is 1. The van der Waals surface area contributed by atoms with Crippen LogP contribution < -0.4 is 5.32 Å². The smallest absolute Gasteiger partial charge is 0.224 e. The Bertz CT molecular complexity index is 810. The van der Waals surface area contributed by atoms with Gasteiger partial charge in [0.1, 0.15) is 0 Å². The van der Waals surface area contributed by atoms with Crippen LogP contribution in [0.5, 0.6) is 0 Å². The third kappa shape index (κ3) is 4.12. The summed E-state index contributed by atoms with van der Waals surface area (Å²) in [6.07, 6.45) is 4.26. The Balaban J connectivity index is 1.34. The van der Waals surface area contributed by atoms with Gasteiger partial charge in [-0.25, -0.2) is 0 Å². The second-order valence-electron chi connectivity index (χ2n) is 9.32. The van der Waals surface area contributed by atoms with Gasteiger partial charge in [-0.1, -0.05) is 56.3 Å². The van der Waals surface area contributed by atoms with Crippen LogP contribution in [-0.4, -0.2) is 44.9 Å². The number of rotatable bonds is 5. The lowest BCUT2D eigenvalue weighted by Crippen LogP contribution is -2.58. The fourth-order valence-corrected chi connectivity index (χ4v) is 4.49. The van der Waals surface area contributed by atoms with Crippen LogP contribution in [0.15, 0.2) is 36.5 Å². The molecule has 3 saturated heterocycles. The zero-order valence-corrected chi connectivity index (χ0v) is 17.1. The first kappa shape index (κ1) is 19.1. The quantitative estimate of drug-likeness (QED) is 0.865. The summed E-state index contributed by atoms with van der Waals surface area (Å²) in [4.78, 5) is 15.3. The molecule has 0 saturated carbocycles. The highest BCUT2D eigenvalue weighted by Gasteiger charge is 2.43. The average molecular weight is 382 g/mol. The van der Waals surface area contributed by atoms with Gasteiger partial charge in [0.25, 0.3) is 0 Å². The first-order valence-electron chi connectivity index (χ1n) is 10.4. The first-order valence-corrected chi connectivity index (χ1v) is 10.4. The molecule has 2 aromatic rings. The number of benzene rings is 1. The van der Waals surface area contributed by atoms with Crippen LogP contribution in [0.1, 0.15) is 44.9 Å². The number of nitrogens with one attached hydrogen (secondary N) is 1. The van der Waals surface area contributed by atoms with Crippen LogP contribution >= 0.6 is 0 Å². The van der Waals surface area contributed by atoms with E-state index in [9.17, 15) is 4.79 Å². The van der Waals surface area contributed by atoms with Crippen molar-refractivity contribution >= 4 is 5.91 Å². The summed E-state index contributed by atoms with van der Waals surface area (Å²) in [7, 11) is 0. The molecule has 1 aromatic heterocycles. The van der Waals surface area contributed by atoms with Crippen molar-refractivity contribution in [2.45, 2.75) is 58.2 Å². The van der Waals surface area contributed by atoms with Gasteiger partial charge in [-0.2, -0.15) is 0 Å². The van der Waals surface area contributed by atoms with E-state index >= 15 is 0 Å².